The van der Waals surface area contributed by atoms with Crippen LogP contribution in [0.1, 0.15) is 59.3 Å². The van der Waals surface area contributed by atoms with Gasteiger partial charge < -0.3 is 4.74 Å². The Morgan fingerprint density at radius 3 is 2.56 bits per heavy atom. The van der Waals surface area contributed by atoms with E-state index in [0.717, 1.165) is 6.61 Å². The van der Waals surface area contributed by atoms with Gasteiger partial charge in [0, 0.05) is 18.7 Å². The minimum atomic E-state index is 0.480. The minimum Gasteiger partial charge on any atom is -0.383 e. The van der Waals surface area contributed by atoms with E-state index in [1.807, 2.05) is 7.11 Å². The van der Waals surface area contributed by atoms with Gasteiger partial charge in [0.05, 0.1) is 6.61 Å². The molecule has 1 saturated heterocycles. The molecule has 0 aliphatic carbocycles. The smallest absolute Gasteiger partial charge is 0.0618 e. The fourth-order valence-corrected chi connectivity index (χ4v) is 3.41. The van der Waals surface area contributed by atoms with Crippen molar-refractivity contribution in [2.24, 2.45) is 0 Å². The molecule has 0 radical (unpaired) electrons. The van der Waals surface area contributed by atoms with E-state index in [1.54, 1.807) is 0 Å². The molecule has 1 unspecified atom stereocenters. The number of unbranched alkanes of at least 4 members (excludes halogenated alkanes) is 1. The fraction of sp³-hybridized carbons (Fsp3) is 1.00. The number of likely N-dealkylation sites (N-methyl/N-ethyl adjacent to an activating group) is 1. The first-order valence-electron chi connectivity index (χ1n) is 6.99. The fourth-order valence-electron chi connectivity index (χ4n) is 3.41. The first-order valence-corrected chi connectivity index (χ1v) is 6.99. The predicted octanol–water partition coefficient (Wildman–Crippen LogP) is 3.46. The summed E-state index contributed by atoms with van der Waals surface area (Å²) in [4.78, 5) is 2.71. The Kier molecular flexibility index (Phi) is 5.77. The quantitative estimate of drug-likeness (QED) is 0.660. The van der Waals surface area contributed by atoms with Crippen LogP contribution in [-0.2, 0) is 4.74 Å². The molecule has 2 nitrogen and oxygen atoms in total. The summed E-state index contributed by atoms with van der Waals surface area (Å²) in [5, 5.41) is 0. The van der Waals surface area contributed by atoms with Gasteiger partial charge in [0.15, 0.2) is 0 Å². The van der Waals surface area contributed by atoms with Crippen LogP contribution < -0.4 is 0 Å². The lowest BCUT2D eigenvalue weighted by Gasteiger charge is -2.40. The number of rotatable bonds is 7. The number of hydrogen-bond acceptors (Lipinski definition) is 2. The van der Waals surface area contributed by atoms with Gasteiger partial charge in [0.2, 0.25) is 0 Å². The zero-order valence-corrected chi connectivity index (χ0v) is 11.6. The Balaban J connectivity index is 2.68. The molecular formula is C14H29NO. The molecule has 1 rings (SSSR count). The molecule has 2 atom stereocenters. The van der Waals surface area contributed by atoms with Crippen LogP contribution in [0.15, 0.2) is 0 Å². The zero-order valence-electron chi connectivity index (χ0n) is 11.6. The van der Waals surface area contributed by atoms with Crippen molar-refractivity contribution in [1.29, 1.82) is 0 Å². The van der Waals surface area contributed by atoms with Gasteiger partial charge in [-0.3, -0.25) is 4.90 Å². The highest BCUT2D eigenvalue weighted by Crippen LogP contribution is 2.40. The zero-order chi connectivity index (χ0) is 12.0. The first kappa shape index (κ1) is 14.0. The molecule has 0 aromatic rings. The lowest BCUT2D eigenvalue weighted by molar-refractivity contribution is 0.0481. The molecule has 0 N–H and O–H groups in total. The summed E-state index contributed by atoms with van der Waals surface area (Å²) in [6.45, 7) is 9.02. The molecule has 0 aromatic heterocycles. The summed E-state index contributed by atoms with van der Waals surface area (Å²) in [6, 6.07) is 0.659. The molecule has 0 saturated carbocycles. The third kappa shape index (κ3) is 2.78. The van der Waals surface area contributed by atoms with E-state index in [9.17, 15) is 0 Å². The maximum Gasteiger partial charge on any atom is 0.0618 e. The van der Waals surface area contributed by atoms with E-state index in [2.05, 4.69) is 25.7 Å². The van der Waals surface area contributed by atoms with Crippen LogP contribution in [0, 0.1) is 0 Å². The summed E-state index contributed by atoms with van der Waals surface area (Å²) in [5.41, 5.74) is 0.480. The van der Waals surface area contributed by atoms with Gasteiger partial charge in [-0.25, -0.2) is 0 Å². The predicted molar refractivity (Wildman–Crippen MR) is 69.8 cm³/mol. The van der Waals surface area contributed by atoms with Crippen LogP contribution in [0.5, 0.6) is 0 Å². The van der Waals surface area contributed by atoms with Crippen LogP contribution in [-0.4, -0.2) is 36.7 Å². The average molecular weight is 227 g/mol. The van der Waals surface area contributed by atoms with Crippen molar-refractivity contribution in [2.75, 3.05) is 20.3 Å². The first-order chi connectivity index (χ1) is 7.74. The Labute approximate surface area is 101 Å². The summed E-state index contributed by atoms with van der Waals surface area (Å²) in [6.07, 6.45) is 8.03. The molecule has 1 fully saturated rings. The van der Waals surface area contributed by atoms with E-state index in [-0.39, 0.29) is 0 Å². The highest BCUT2D eigenvalue weighted by Gasteiger charge is 2.43. The molecule has 1 aliphatic heterocycles. The molecule has 1 aliphatic rings. The number of methoxy groups -OCH3 is 1. The minimum absolute atomic E-state index is 0.480. The maximum absolute atomic E-state index is 5.36. The van der Waals surface area contributed by atoms with E-state index < -0.39 is 0 Å². The van der Waals surface area contributed by atoms with Gasteiger partial charge in [-0.15, -0.1) is 0 Å². The lowest BCUT2D eigenvalue weighted by atomic mass is 9.87. The summed E-state index contributed by atoms with van der Waals surface area (Å²) >= 11 is 0. The second-order valence-corrected chi connectivity index (χ2v) is 5.12. The second-order valence-electron chi connectivity index (χ2n) is 5.12. The summed E-state index contributed by atoms with van der Waals surface area (Å²) < 4.78 is 5.36. The molecule has 96 valence electrons. The van der Waals surface area contributed by atoms with Crippen LogP contribution in [0.4, 0.5) is 0 Å². The van der Waals surface area contributed by atoms with Gasteiger partial charge in [-0.1, -0.05) is 33.6 Å². The van der Waals surface area contributed by atoms with Crippen molar-refractivity contribution in [3.8, 4) is 0 Å². The number of ether oxygens (including phenoxy) is 1. The van der Waals surface area contributed by atoms with Gasteiger partial charge >= 0.3 is 0 Å². The van der Waals surface area contributed by atoms with E-state index in [1.165, 1.54) is 45.1 Å². The van der Waals surface area contributed by atoms with Crippen molar-refractivity contribution in [1.82, 2.24) is 4.90 Å². The molecule has 0 spiro atoms. The number of hydrogen-bond donors (Lipinski definition) is 0. The Bertz CT molecular complexity index is 195. The standard InChI is InChI=1S/C14H29NO/c1-5-8-10-14(6-2)11-9-13(12-16-4)15(14)7-3/h13H,5-12H2,1-4H3/t13?,14-/m1/s1. The van der Waals surface area contributed by atoms with Crippen molar-refractivity contribution in [2.45, 2.75) is 70.9 Å². The topological polar surface area (TPSA) is 12.5 Å². The molecular weight excluding hydrogens is 198 g/mol. The highest BCUT2D eigenvalue weighted by atomic mass is 16.5. The molecule has 1 heterocycles. The summed E-state index contributed by atoms with van der Waals surface area (Å²) in [5.74, 6) is 0. The maximum atomic E-state index is 5.36. The van der Waals surface area contributed by atoms with Crippen LogP contribution in [0.2, 0.25) is 0 Å². The molecule has 2 heteroatoms. The van der Waals surface area contributed by atoms with Crippen molar-refractivity contribution in [3.63, 3.8) is 0 Å². The third-order valence-electron chi connectivity index (χ3n) is 4.35. The Hall–Kier alpha value is -0.0800. The average Bonchev–Trinajstić information content (AvgIpc) is 2.66. The van der Waals surface area contributed by atoms with Crippen molar-refractivity contribution in [3.05, 3.63) is 0 Å². The van der Waals surface area contributed by atoms with E-state index in [4.69, 9.17) is 4.74 Å². The molecule has 0 aromatic carbocycles. The third-order valence-corrected chi connectivity index (χ3v) is 4.35. The Morgan fingerprint density at radius 1 is 1.31 bits per heavy atom. The van der Waals surface area contributed by atoms with Gasteiger partial charge in [-0.2, -0.15) is 0 Å². The van der Waals surface area contributed by atoms with Crippen LogP contribution in [0.3, 0.4) is 0 Å². The van der Waals surface area contributed by atoms with Gasteiger partial charge in [-0.05, 0) is 32.2 Å². The SMILES string of the molecule is CCCC[C@]1(CC)CCC(COC)N1CC. The highest BCUT2D eigenvalue weighted by molar-refractivity contribution is 4.99. The normalized spacial score (nSPS) is 31.1. The monoisotopic (exact) mass is 227 g/mol. The molecule has 0 amide bonds. The Morgan fingerprint density at radius 2 is 2.06 bits per heavy atom. The number of likely N-dealkylation sites (tertiary alicyclic amines) is 1. The largest absolute Gasteiger partial charge is 0.383 e. The van der Waals surface area contributed by atoms with Crippen molar-refractivity contribution >= 4 is 0 Å². The summed E-state index contributed by atoms with van der Waals surface area (Å²) in [7, 11) is 1.83. The van der Waals surface area contributed by atoms with Gasteiger partial charge in [0.1, 0.15) is 0 Å². The number of nitrogens with zero attached hydrogens (tertiary/aromatic N) is 1. The van der Waals surface area contributed by atoms with E-state index in [0.29, 0.717) is 11.6 Å². The lowest BCUT2D eigenvalue weighted by Crippen LogP contribution is -2.48. The molecule has 0 bridgehead atoms. The van der Waals surface area contributed by atoms with E-state index >= 15 is 0 Å². The van der Waals surface area contributed by atoms with Crippen LogP contribution in [0.25, 0.3) is 0 Å². The van der Waals surface area contributed by atoms with Crippen molar-refractivity contribution < 1.29 is 4.74 Å². The van der Waals surface area contributed by atoms with Crippen LogP contribution >= 0.6 is 0 Å². The molecule has 16 heavy (non-hydrogen) atoms. The second kappa shape index (κ2) is 6.61. The van der Waals surface area contributed by atoms with Gasteiger partial charge in [0.25, 0.3) is 0 Å².